The molecular formula is C22H22FN5O2. The zero-order valence-corrected chi connectivity index (χ0v) is 16.9. The van der Waals surface area contributed by atoms with Crippen molar-refractivity contribution in [1.29, 1.82) is 0 Å². The molecule has 8 heteroatoms. The molecule has 0 aliphatic carbocycles. The number of fused-ring (bicyclic) bond motifs is 1. The van der Waals surface area contributed by atoms with E-state index in [1.54, 1.807) is 19.1 Å². The Labute approximate surface area is 172 Å². The Morgan fingerprint density at radius 2 is 2.03 bits per heavy atom. The number of aryl methyl sites for hydroxylation is 3. The number of imidazole rings is 1. The van der Waals surface area contributed by atoms with Crippen LogP contribution in [0, 0.1) is 12.7 Å². The fourth-order valence-electron chi connectivity index (χ4n) is 3.29. The summed E-state index contributed by atoms with van der Waals surface area (Å²) in [6.45, 7) is 4.52. The van der Waals surface area contributed by atoms with Gasteiger partial charge in [-0.25, -0.2) is 9.37 Å². The van der Waals surface area contributed by atoms with Crippen molar-refractivity contribution in [2.75, 3.05) is 5.32 Å². The third kappa shape index (κ3) is 4.07. The van der Waals surface area contributed by atoms with Crippen LogP contribution in [0.5, 0.6) is 0 Å². The van der Waals surface area contributed by atoms with E-state index in [-0.39, 0.29) is 18.1 Å². The van der Waals surface area contributed by atoms with Gasteiger partial charge in [0.05, 0.1) is 11.0 Å². The van der Waals surface area contributed by atoms with Gasteiger partial charge in [-0.3, -0.25) is 10.1 Å². The van der Waals surface area contributed by atoms with Crippen LogP contribution in [-0.2, 0) is 17.8 Å². The van der Waals surface area contributed by atoms with Gasteiger partial charge in [-0.15, -0.1) is 0 Å². The third-order valence-corrected chi connectivity index (χ3v) is 4.80. The average molecular weight is 407 g/mol. The summed E-state index contributed by atoms with van der Waals surface area (Å²) in [6.07, 6.45) is 1.41. The standard InChI is InChI=1S/C22H22FN5O2/c1-3-12-28-18-7-5-4-6-17(18)24-22(28)25-19(29)10-11-20-26-21(27-30-20)15-8-9-16(23)14(2)13-15/h4-9,13H,3,10-12H2,1-2H3,(H,24,25,29). The second kappa shape index (κ2) is 8.44. The first-order valence-electron chi connectivity index (χ1n) is 9.89. The first kappa shape index (κ1) is 19.8. The first-order chi connectivity index (χ1) is 14.5. The molecule has 0 fully saturated rings. The maximum Gasteiger partial charge on any atom is 0.227 e. The Balaban J connectivity index is 1.42. The smallest absolute Gasteiger partial charge is 0.227 e. The summed E-state index contributed by atoms with van der Waals surface area (Å²) in [7, 11) is 0. The molecule has 0 unspecified atom stereocenters. The van der Waals surface area contributed by atoms with Crippen molar-refractivity contribution < 1.29 is 13.7 Å². The summed E-state index contributed by atoms with van der Waals surface area (Å²) in [6, 6.07) is 12.4. The van der Waals surface area contributed by atoms with Crippen LogP contribution in [-0.4, -0.2) is 25.6 Å². The largest absolute Gasteiger partial charge is 0.339 e. The number of nitrogens with one attached hydrogen (secondary N) is 1. The van der Waals surface area contributed by atoms with E-state index in [2.05, 4.69) is 27.4 Å². The maximum atomic E-state index is 13.4. The van der Waals surface area contributed by atoms with Crippen LogP contribution in [0.4, 0.5) is 10.3 Å². The molecule has 4 aromatic rings. The van der Waals surface area contributed by atoms with Crippen molar-refractivity contribution in [1.82, 2.24) is 19.7 Å². The SMILES string of the molecule is CCCn1c(NC(=O)CCc2nc(-c3ccc(F)c(C)c3)no2)nc2ccccc21. The lowest BCUT2D eigenvalue weighted by molar-refractivity contribution is -0.116. The fourth-order valence-corrected chi connectivity index (χ4v) is 3.29. The Hall–Kier alpha value is -3.55. The molecule has 7 nitrogen and oxygen atoms in total. The Morgan fingerprint density at radius 1 is 1.20 bits per heavy atom. The molecule has 0 atom stereocenters. The van der Waals surface area contributed by atoms with Gasteiger partial charge in [0.2, 0.25) is 23.6 Å². The molecule has 0 radical (unpaired) electrons. The highest BCUT2D eigenvalue weighted by Crippen LogP contribution is 2.21. The Bertz CT molecular complexity index is 1200. The van der Waals surface area contributed by atoms with Gasteiger partial charge in [0.15, 0.2) is 0 Å². The van der Waals surface area contributed by atoms with Gasteiger partial charge in [0.25, 0.3) is 0 Å². The molecule has 2 aromatic heterocycles. The molecule has 1 N–H and O–H groups in total. The number of aromatic nitrogens is 4. The number of carbonyl (C=O) groups is 1. The lowest BCUT2D eigenvalue weighted by Crippen LogP contribution is -2.16. The normalized spacial score (nSPS) is 11.2. The fraction of sp³-hybridized carbons (Fsp3) is 0.273. The highest BCUT2D eigenvalue weighted by atomic mass is 19.1. The maximum absolute atomic E-state index is 13.4. The molecule has 0 saturated carbocycles. The minimum absolute atomic E-state index is 0.180. The van der Waals surface area contributed by atoms with E-state index in [4.69, 9.17) is 4.52 Å². The molecule has 0 saturated heterocycles. The zero-order chi connectivity index (χ0) is 21.1. The van der Waals surface area contributed by atoms with Crippen LogP contribution >= 0.6 is 0 Å². The van der Waals surface area contributed by atoms with Crippen LogP contribution in [0.15, 0.2) is 47.0 Å². The van der Waals surface area contributed by atoms with E-state index < -0.39 is 0 Å². The molecule has 30 heavy (non-hydrogen) atoms. The third-order valence-electron chi connectivity index (χ3n) is 4.80. The molecule has 154 valence electrons. The first-order valence-corrected chi connectivity index (χ1v) is 9.89. The van der Waals surface area contributed by atoms with Crippen LogP contribution in [0.25, 0.3) is 22.4 Å². The summed E-state index contributed by atoms with van der Waals surface area (Å²) >= 11 is 0. The number of para-hydroxylation sites is 2. The average Bonchev–Trinajstić information content (AvgIpc) is 3.34. The summed E-state index contributed by atoms with van der Waals surface area (Å²) in [4.78, 5) is 21.3. The molecule has 2 aromatic carbocycles. The number of hydrogen-bond donors (Lipinski definition) is 1. The molecule has 0 aliphatic rings. The number of rotatable bonds is 7. The molecule has 0 bridgehead atoms. The number of carbonyl (C=O) groups excluding carboxylic acids is 1. The number of benzene rings is 2. The van der Waals surface area contributed by atoms with Crippen molar-refractivity contribution in [3.63, 3.8) is 0 Å². The molecule has 0 spiro atoms. The van der Waals surface area contributed by atoms with E-state index in [0.29, 0.717) is 35.2 Å². The van der Waals surface area contributed by atoms with Crippen molar-refractivity contribution in [2.24, 2.45) is 0 Å². The minimum Gasteiger partial charge on any atom is -0.339 e. The van der Waals surface area contributed by atoms with Gasteiger partial charge < -0.3 is 9.09 Å². The zero-order valence-electron chi connectivity index (χ0n) is 16.9. The predicted octanol–water partition coefficient (Wildman–Crippen LogP) is 4.52. The number of anilines is 1. The van der Waals surface area contributed by atoms with Crippen molar-refractivity contribution in [3.8, 4) is 11.4 Å². The monoisotopic (exact) mass is 407 g/mol. The highest BCUT2D eigenvalue weighted by Gasteiger charge is 2.15. The second-order valence-electron chi connectivity index (χ2n) is 7.10. The van der Waals surface area contributed by atoms with Gasteiger partial charge in [-0.1, -0.05) is 24.2 Å². The topological polar surface area (TPSA) is 85.8 Å². The van der Waals surface area contributed by atoms with Crippen LogP contribution in [0.1, 0.15) is 31.2 Å². The highest BCUT2D eigenvalue weighted by molar-refractivity contribution is 5.91. The molecular weight excluding hydrogens is 385 g/mol. The summed E-state index contributed by atoms with van der Waals surface area (Å²) in [5, 5.41) is 6.82. The van der Waals surface area contributed by atoms with E-state index in [9.17, 15) is 9.18 Å². The van der Waals surface area contributed by atoms with E-state index in [1.165, 1.54) is 6.07 Å². The lowest BCUT2D eigenvalue weighted by atomic mass is 10.1. The summed E-state index contributed by atoms with van der Waals surface area (Å²) < 4.78 is 20.7. The van der Waals surface area contributed by atoms with E-state index in [0.717, 1.165) is 24.0 Å². The molecule has 4 rings (SSSR count). The quantitative estimate of drug-likeness (QED) is 0.487. The summed E-state index contributed by atoms with van der Waals surface area (Å²) in [5.41, 5.74) is 3.01. The van der Waals surface area contributed by atoms with E-state index in [1.807, 2.05) is 28.8 Å². The second-order valence-corrected chi connectivity index (χ2v) is 7.10. The van der Waals surface area contributed by atoms with Crippen molar-refractivity contribution >= 4 is 22.9 Å². The lowest BCUT2D eigenvalue weighted by Gasteiger charge is -2.08. The number of nitrogens with zero attached hydrogens (tertiary/aromatic N) is 4. The van der Waals surface area contributed by atoms with Gasteiger partial charge in [-0.05, 0) is 49.2 Å². The Kier molecular flexibility index (Phi) is 5.56. The Morgan fingerprint density at radius 3 is 2.83 bits per heavy atom. The molecule has 1 amide bonds. The van der Waals surface area contributed by atoms with Crippen LogP contribution in [0.3, 0.4) is 0 Å². The minimum atomic E-state index is -0.284. The van der Waals surface area contributed by atoms with Crippen molar-refractivity contribution in [3.05, 3.63) is 59.7 Å². The predicted molar refractivity (Wildman–Crippen MR) is 111 cm³/mol. The van der Waals surface area contributed by atoms with Gasteiger partial charge in [0.1, 0.15) is 5.82 Å². The van der Waals surface area contributed by atoms with Crippen LogP contribution in [0.2, 0.25) is 0 Å². The van der Waals surface area contributed by atoms with Gasteiger partial charge in [0, 0.05) is 24.9 Å². The summed E-state index contributed by atoms with van der Waals surface area (Å²) in [5.74, 6) is 0.798. The van der Waals surface area contributed by atoms with Crippen LogP contribution < -0.4 is 5.32 Å². The number of halogens is 1. The van der Waals surface area contributed by atoms with Gasteiger partial charge in [-0.2, -0.15) is 4.98 Å². The molecule has 2 heterocycles. The van der Waals surface area contributed by atoms with E-state index >= 15 is 0 Å². The number of hydrogen-bond acceptors (Lipinski definition) is 5. The number of amides is 1. The van der Waals surface area contributed by atoms with Crippen molar-refractivity contribution in [2.45, 2.75) is 39.7 Å². The van der Waals surface area contributed by atoms with Gasteiger partial charge >= 0.3 is 0 Å². The molecule has 0 aliphatic heterocycles.